The zero-order valence-electron chi connectivity index (χ0n) is 17.9. The molecular formula is C26H28N2O3. The van der Waals surface area contributed by atoms with E-state index in [-0.39, 0.29) is 12.3 Å². The molecule has 1 saturated carbocycles. The number of benzene rings is 2. The highest BCUT2D eigenvalue weighted by atomic mass is 16.5. The normalized spacial score (nSPS) is 14.9. The van der Waals surface area contributed by atoms with Crippen molar-refractivity contribution in [2.24, 2.45) is 5.92 Å². The number of rotatable bonds is 8. The topological polar surface area (TPSA) is 64.3 Å². The van der Waals surface area contributed by atoms with Gasteiger partial charge >= 0.3 is 5.97 Å². The van der Waals surface area contributed by atoms with Gasteiger partial charge in [0.2, 0.25) is 0 Å². The fourth-order valence-corrected chi connectivity index (χ4v) is 4.37. The summed E-state index contributed by atoms with van der Waals surface area (Å²) in [4.78, 5) is 11.1. The van der Waals surface area contributed by atoms with Crippen molar-refractivity contribution in [3.05, 3.63) is 59.8 Å². The molecular weight excluding hydrogens is 388 g/mol. The van der Waals surface area contributed by atoms with Crippen LogP contribution in [0.3, 0.4) is 0 Å². The number of carbonyl (C=O) groups is 1. The van der Waals surface area contributed by atoms with Gasteiger partial charge in [-0.3, -0.25) is 9.48 Å². The monoisotopic (exact) mass is 416 g/mol. The van der Waals surface area contributed by atoms with Crippen LogP contribution < -0.4 is 4.74 Å². The molecule has 0 saturated heterocycles. The molecule has 3 aromatic rings. The Labute approximate surface area is 183 Å². The summed E-state index contributed by atoms with van der Waals surface area (Å²) < 4.78 is 8.09. The molecule has 1 heterocycles. The highest BCUT2D eigenvalue weighted by Crippen LogP contribution is 2.28. The van der Waals surface area contributed by atoms with Gasteiger partial charge in [0, 0.05) is 11.9 Å². The molecule has 1 aliphatic carbocycles. The lowest BCUT2D eigenvalue weighted by Crippen LogP contribution is -2.08. The van der Waals surface area contributed by atoms with Crippen molar-refractivity contribution in [3.8, 4) is 17.6 Å². The van der Waals surface area contributed by atoms with Crippen LogP contribution in [0.4, 0.5) is 0 Å². The standard InChI is InChI=1S/C26H28N2O3/c1-2-5-22(15-26(29)30)21-9-11-24(12-10-21)31-18-20-8-13-25-23(14-20)16-27-28(25)17-19-6-3-4-7-19/h8-14,16,19,22H,3-4,6-7,15,17-18H2,1H3,(H,29,30)/t22-/m0/s1. The quantitative estimate of drug-likeness (QED) is 0.500. The van der Waals surface area contributed by atoms with Gasteiger partial charge in [-0.1, -0.05) is 37.0 Å². The number of carboxylic acid groups (broad SMARTS) is 1. The molecule has 0 spiro atoms. The van der Waals surface area contributed by atoms with Crippen molar-refractivity contribution >= 4 is 16.9 Å². The van der Waals surface area contributed by atoms with E-state index in [1.807, 2.05) is 30.5 Å². The number of ether oxygens (including phenoxy) is 1. The van der Waals surface area contributed by atoms with Gasteiger partial charge in [0.05, 0.1) is 24.1 Å². The fourth-order valence-electron chi connectivity index (χ4n) is 4.37. The van der Waals surface area contributed by atoms with E-state index in [9.17, 15) is 4.79 Å². The second-order valence-electron chi connectivity index (χ2n) is 8.27. The maximum Gasteiger partial charge on any atom is 0.304 e. The van der Waals surface area contributed by atoms with Gasteiger partial charge in [0.1, 0.15) is 12.4 Å². The van der Waals surface area contributed by atoms with Gasteiger partial charge < -0.3 is 9.84 Å². The van der Waals surface area contributed by atoms with Crippen LogP contribution in [0.1, 0.15) is 56.1 Å². The first-order chi connectivity index (χ1) is 15.1. The molecule has 1 aromatic heterocycles. The summed E-state index contributed by atoms with van der Waals surface area (Å²) in [6.07, 6.45) is 7.26. The van der Waals surface area contributed by atoms with Crippen LogP contribution in [-0.2, 0) is 17.9 Å². The Morgan fingerprint density at radius 2 is 2.00 bits per heavy atom. The molecule has 0 bridgehead atoms. The van der Waals surface area contributed by atoms with E-state index in [2.05, 4.69) is 39.8 Å². The van der Waals surface area contributed by atoms with E-state index in [4.69, 9.17) is 9.84 Å². The lowest BCUT2D eigenvalue weighted by Gasteiger charge is -2.11. The first-order valence-corrected chi connectivity index (χ1v) is 10.9. The number of aromatic nitrogens is 2. The molecule has 1 N–H and O–H groups in total. The average Bonchev–Trinajstić information content (AvgIpc) is 3.42. The van der Waals surface area contributed by atoms with Crippen molar-refractivity contribution < 1.29 is 14.6 Å². The minimum atomic E-state index is -0.852. The summed E-state index contributed by atoms with van der Waals surface area (Å²) in [5, 5.41) is 14.8. The third-order valence-electron chi connectivity index (χ3n) is 6.00. The second-order valence-corrected chi connectivity index (χ2v) is 8.27. The third kappa shape index (κ3) is 5.27. The molecule has 0 aliphatic heterocycles. The van der Waals surface area contributed by atoms with E-state index < -0.39 is 5.97 Å². The van der Waals surface area contributed by atoms with Gasteiger partial charge in [-0.25, -0.2) is 0 Å². The molecule has 2 aromatic carbocycles. The Hall–Kier alpha value is -3.26. The van der Waals surface area contributed by atoms with E-state index >= 15 is 0 Å². The Morgan fingerprint density at radius 1 is 1.23 bits per heavy atom. The summed E-state index contributed by atoms with van der Waals surface area (Å²) in [6.45, 7) is 3.20. The minimum absolute atomic E-state index is 0.00448. The largest absolute Gasteiger partial charge is 0.489 e. The number of nitrogens with zero attached hydrogens (tertiary/aromatic N) is 2. The van der Waals surface area contributed by atoms with Gasteiger partial charge in [-0.2, -0.15) is 5.10 Å². The van der Waals surface area contributed by atoms with Crippen LogP contribution in [0.25, 0.3) is 10.9 Å². The van der Waals surface area contributed by atoms with Crippen LogP contribution in [0, 0.1) is 17.8 Å². The van der Waals surface area contributed by atoms with Crippen LogP contribution in [0.2, 0.25) is 0 Å². The predicted molar refractivity (Wildman–Crippen MR) is 121 cm³/mol. The predicted octanol–water partition coefficient (Wildman–Crippen LogP) is 5.39. The zero-order valence-corrected chi connectivity index (χ0v) is 17.9. The molecule has 0 amide bonds. The highest BCUT2D eigenvalue weighted by Gasteiger charge is 2.17. The summed E-state index contributed by atoms with van der Waals surface area (Å²) >= 11 is 0. The summed E-state index contributed by atoms with van der Waals surface area (Å²) in [5.74, 6) is 6.14. The number of aliphatic carboxylic acids is 1. The number of hydrogen-bond acceptors (Lipinski definition) is 3. The Balaban J connectivity index is 1.39. The minimum Gasteiger partial charge on any atom is -0.489 e. The molecule has 5 nitrogen and oxygen atoms in total. The maximum atomic E-state index is 11.1. The first-order valence-electron chi connectivity index (χ1n) is 10.9. The summed E-state index contributed by atoms with van der Waals surface area (Å²) in [5.41, 5.74) is 3.17. The van der Waals surface area contributed by atoms with Gasteiger partial charge in [0.15, 0.2) is 0 Å². The average molecular weight is 417 g/mol. The Bertz CT molecular complexity index is 1100. The summed E-state index contributed by atoms with van der Waals surface area (Å²) in [7, 11) is 0. The third-order valence-corrected chi connectivity index (χ3v) is 6.00. The van der Waals surface area contributed by atoms with Gasteiger partial charge in [0.25, 0.3) is 0 Å². The van der Waals surface area contributed by atoms with E-state index in [0.29, 0.717) is 6.61 Å². The number of hydrogen-bond donors (Lipinski definition) is 1. The number of fused-ring (bicyclic) bond motifs is 1. The molecule has 1 fully saturated rings. The molecule has 31 heavy (non-hydrogen) atoms. The van der Waals surface area contributed by atoms with Crippen molar-refractivity contribution in [3.63, 3.8) is 0 Å². The lowest BCUT2D eigenvalue weighted by atomic mass is 9.96. The van der Waals surface area contributed by atoms with Crippen molar-refractivity contribution in [1.29, 1.82) is 0 Å². The SMILES string of the molecule is CC#C[C@@H](CC(=O)O)c1ccc(OCc2ccc3c(cnn3CC3CCCC3)c2)cc1. The first kappa shape index (κ1) is 21.0. The van der Waals surface area contributed by atoms with Crippen molar-refractivity contribution in [2.75, 3.05) is 0 Å². The fraction of sp³-hybridized carbons (Fsp3) is 0.385. The molecule has 0 radical (unpaired) electrons. The molecule has 0 unspecified atom stereocenters. The molecule has 4 rings (SSSR count). The number of carboxylic acids is 1. The van der Waals surface area contributed by atoms with Gasteiger partial charge in [-0.15, -0.1) is 5.92 Å². The molecule has 160 valence electrons. The van der Waals surface area contributed by atoms with Crippen molar-refractivity contribution in [1.82, 2.24) is 9.78 Å². The Morgan fingerprint density at radius 3 is 2.71 bits per heavy atom. The van der Waals surface area contributed by atoms with Crippen LogP contribution in [0.5, 0.6) is 5.75 Å². The summed E-state index contributed by atoms with van der Waals surface area (Å²) in [6, 6.07) is 13.9. The highest BCUT2D eigenvalue weighted by molar-refractivity contribution is 5.79. The zero-order chi connectivity index (χ0) is 21.6. The molecule has 1 atom stereocenters. The molecule has 1 aliphatic rings. The maximum absolute atomic E-state index is 11.1. The smallest absolute Gasteiger partial charge is 0.304 e. The van der Waals surface area contributed by atoms with Crippen LogP contribution >= 0.6 is 0 Å². The molecule has 5 heteroatoms. The van der Waals surface area contributed by atoms with Crippen LogP contribution in [-0.4, -0.2) is 20.9 Å². The van der Waals surface area contributed by atoms with E-state index in [0.717, 1.165) is 34.7 Å². The Kier molecular flexibility index (Phi) is 6.57. The van der Waals surface area contributed by atoms with E-state index in [1.54, 1.807) is 6.92 Å². The van der Waals surface area contributed by atoms with Crippen LogP contribution in [0.15, 0.2) is 48.7 Å². The van der Waals surface area contributed by atoms with Gasteiger partial charge in [-0.05, 0) is 61.1 Å². The van der Waals surface area contributed by atoms with E-state index in [1.165, 1.54) is 31.2 Å². The second kappa shape index (κ2) is 9.70. The lowest BCUT2D eigenvalue weighted by molar-refractivity contribution is -0.137. The van der Waals surface area contributed by atoms with Crippen molar-refractivity contribution in [2.45, 2.75) is 58.1 Å².